The van der Waals surface area contributed by atoms with Crippen molar-refractivity contribution in [3.05, 3.63) is 72.1 Å². The fourth-order valence-corrected chi connectivity index (χ4v) is 3.71. The molecular formula is C20H19N3O3. The van der Waals surface area contributed by atoms with Crippen molar-refractivity contribution >= 4 is 17.4 Å². The molecule has 4 rings (SSSR count). The monoisotopic (exact) mass is 349 g/mol. The number of benzene rings is 1. The summed E-state index contributed by atoms with van der Waals surface area (Å²) in [4.78, 5) is 26.5. The lowest BCUT2D eigenvalue weighted by atomic mass is 9.80. The van der Waals surface area contributed by atoms with Gasteiger partial charge in [-0.05, 0) is 24.1 Å². The Bertz CT molecular complexity index is 967. The van der Waals surface area contributed by atoms with E-state index in [2.05, 4.69) is 5.10 Å². The number of amides is 1. The summed E-state index contributed by atoms with van der Waals surface area (Å²) in [7, 11) is 0. The maximum absolute atomic E-state index is 12.8. The van der Waals surface area contributed by atoms with Gasteiger partial charge in [0.2, 0.25) is 5.91 Å². The van der Waals surface area contributed by atoms with E-state index in [1.54, 1.807) is 15.6 Å². The molecule has 2 aromatic heterocycles. The molecule has 1 aromatic carbocycles. The van der Waals surface area contributed by atoms with Crippen LogP contribution in [0.2, 0.25) is 0 Å². The van der Waals surface area contributed by atoms with Gasteiger partial charge in [-0.15, -0.1) is 0 Å². The predicted molar refractivity (Wildman–Crippen MR) is 95.8 cm³/mol. The van der Waals surface area contributed by atoms with Gasteiger partial charge in [-0.3, -0.25) is 9.59 Å². The highest BCUT2D eigenvalue weighted by Crippen LogP contribution is 2.35. The van der Waals surface area contributed by atoms with Crippen LogP contribution in [0, 0.1) is 0 Å². The number of hydrogen-bond acceptors (Lipinski definition) is 3. The third kappa shape index (κ3) is 2.63. The second-order valence-corrected chi connectivity index (χ2v) is 6.70. The van der Waals surface area contributed by atoms with Crippen LogP contribution in [0.15, 0.2) is 60.9 Å². The minimum Gasteiger partial charge on any atom is -0.481 e. The molecule has 3 aromatic rings. The van der Waals surface area contributed by atoms with Crippen molar-refractivity contribution in [1.82, 2.24) is 14.5 Å². The quantitative estimate of drug-likeness (QED) is 0.783. The Morgan fingerprint density at radius 3 is 2.65 bits per heavy atom. The Morgan fingerprint density at radius 1 is 1.12 bits per heavy atom. The Hall–Kier alpha value is -3.15. The minimum atomic E-state index is -1.03. The van der Waals surface area contributed by atoms with Crippen LogP contribution in [-0.4, -0.2) is 44.6 Å². The van der Waals surface area contributed by atoms with Gasteiger partial charge < -0.3 is 10.0 Å². The van der Waals surface area contributed by atoms with Crippen molar-refractivity contribution in [2.75, 3.05) is 13.1 Å². The molecule has 1 saturated heterocycles. The van der Waals surface area contributed by atoms with Crippen molar-refractivity contribution in [3.8, 4) is 0 Å². The first-order valence-corrected chi connectivity index (χ1v) is 8.58. The second kappa shape index (κ2) is 6.29. The summed E-state index contributed by atoms with van der Waals surface area (Å²) in [5.41, 5.74) is 1.47. The molecule has 1 aliphatic heterocycles. The van der Waals surface area contributed by atoms with Crippen LogP contribution in [0.5, 0.6) is 0 Å². The van der Waals surface area contributed by atoms with E-state index in [4.69, 9.17) is 0 Å². The molecule has 6 heteroatoms. The van der Waals surface area contributed by atoms with E-state index in [-0.39, 0.29) is 18.9 Å². The number of pyridine rings is 1. The van der Waals surface area contributed by atoms with Crippen LogP contribution in [-0.2, 0) is 21.4 Å². The zero-order chi connectivity index (χ0) is 18.1. The van der Waals surface area contributed by atoms with E-state index in [1.807, 2.05) is 54.7 Å². The van der Waals surface area contributed by atoms with E-state index < -0.39 is 11.4 Å². The smallest absolute Gasteiger partial charge is 0.316 e. The van der Waals surface area contributed by atoms with Crippen LogP contribution < -0.4 is 0 Å². The van der Waals surface area contributed by atoms with Gasteiger partial charge in [0.05, 0.1) is 18.1 Å². The van der Waals surface area contributed by atoms with Gasteiger partial charge in [0, 0.05) is 24.8 Å². The fourth-order valence-electron chi connectivity index (χ4n) is 3.71. The summed E-state index contributed by atoms with van der Waals surface area (Å²) in [5.74, 6) is -0.946. The molecule has 1 amide bonds. The Labute approximate surface area is 150 Å². The highest BCUT2D eigenvalue weighted by atomic mass is 16.4. The zero-order valence-corrected chi connectivity index (χ0v) is 14.2. The number of likely N-dealkylation sites (tertiary alicyclic amines) is 1. The third-order valence-electron chi connectivity index (χ3n) is 5.21. The van der Waals surface area contributed by atoms with Crippen molar-refractivity contribution in [3.63, 3.8) is 0 Å². The van der Waals surface area contributed by atoms with Crippen LogP contribution >= 0.6 is 0 Å². The first-order valence-electron chi connectivity index (χ1n) is 8.58. The normalized spacial score (nSPS) is 19.8. The van der Waals surface area contributed by atoms with Crippen molar-refractivity contribution < 1.29 is 14.7 Å². The first kappa shape index (κ1) is 16.3. The van der Waals surface area contributed by atoms with E-state index in [9.17, 15) is 14.7 Å². The molecule has 0 saturated carbocycles. The molecule has 26 heavy (non-hydrogen) atoms. The number of carbonyl (C=O) groups is 2. The van der Waals surface area contributed by atoms with Crippen LogP contribution in [0.4, 0.5) is 0 Å². The molecule has 1 fully saturated rings. The largest absolute Gasteiger partial charge is 0.481 e. The predicted octanol–water partition coefficient (Wildman–Crippen LogP) is 2.13. The molecule has 6 nitrogen and oxygen atoms in total. The highest BCUT2D eigenvalue weighted by molar-refractivity contribution is 5.86. The van der Waals surface area contributed by atoms with Crippen LogP contribution in [0.25, 0.3) is 5.52 Å². The molecule has 0 spiro atoms. The number of rotatable bonds is 4. The Balaban J connectivity index is 1.56. The number of aliphatic carboxylic acids is 1. The van der Waals surface area contributed by atoms with E-state index in [1.165, 1.54) is 0 Å². The van der Waals surface area contributed by atoms with Gasteiger partial charge in [0.25, 0.3) is 0 Å². The number of carbonyl (C=O) groups excluding carboxylic acids is 1. The molecule has 1 atom stereocenters. The van der Waals surface area contributed by atoms with Gasteiger partial charge in [0.15, 0.2) is 0 Å². The lowest BCUT2D eigenvalue weighted by molar-refractivity contribution is -0.143. The highest BCUT2D eigenvalue weighted by Gasteiger charge is 2.47. The molecule has 0 bridgehead atoms. The Kier molecular flexibility index (Phi) is 3.95. The number of carboxylic acid groups (broad SMARTS) is 1. The standard InChI is InChI=1S/C20H19N3O3/c24-18(12-15-13-21-23-10-5-4-8-17(15)23)22-11-9-20(14-22,19(25)26)16-6-2-1-3-7-16/h1-8,10,13H,9,11-12,14H2,(H,25,26). The number of fused-ring (bicyclic) bond motifs is 1. The summed E-state index contributed by atoms with van der Waals surface area (Å²) in [5, 5.41) is 14.1. The molecule has 1 N–H and O–H groups in total. The summed E-state index contributed by atoms with van der Waals surface area (Å²) >= 11 is 0. The zero-order valence-electron chi connectivity index (χ0n) is 14.2. The number of nitrogens with zero attached hydrogens (tertiary/aromatic N) is 3. The van der Waals surface area contributed by atoms with Crippen LogP contribution in [0.1, 0.15) is 17.5 Å². The summed E-state index contributed by atoms with van der Waals surface area (Å²) < 4.78 is 1.73. The van der Waals surface area contributed by atoms with Crippen LogP contribution in [0.3, 0.4) is 0 Å². The number of carboxylic acids is 1. The summed E-state index contributed by atoms with van der Waals surface area (Å²) in [6.07, 6.45) is 4.18. The lowest BCUT2D eigenvalue weighted by Gasteiger charge is -2.25. The average Bonchev–Trinajstić information content (AvgIpc) is 3.28. The molecule has 0 radical (unpaired) electrons. The number of aromatic nitrogens is 2. The van der Waals surface area contributed by atoms with E-state index >= 15 is 0 Å². The van der Waals surface area contributed by atoms with E-state index in [0.717, 1.165) is 16.6 Å². The molecule has 3 heterocycles. The van der Waals surface area contributed by atoms with E-state index in [0.29, 0.717) is 13.0 Å². The fraction of sp³-hybridized carbons (Fsp3) is 0.250. The summed E-state index contributed by atoms with van der Waals surface area (Å²) in [6, 6.07) is 14.9. The molecular weight excluding hydrogens is 330 g/mol. The minimum absolute atomic E-state index is 0.0668. The van der Waals surface area contributed by atoms with Gasteiger partial charge in [0.1, 0.15) is 5.41 Å². The number of hydrogen-bond donors (Lipinski definition) is 1. The van der Waals surface area contributed by atoms with Crippen molar-refractivity contribution in [2.24, 2.45) is 0 Å². The first-order chi connectivity index (χ1) is 12.6. The van der Waals surface area contributed by atoms with Gasteiger partial charge in [-0.25, -0.2) is 4.52 Å². The topological polar surface area (TPSA) is 74.9 Å². The average molecular weight is 349 g/mol. The summed E-state index contributed by atoms with van der Waals surface area (Å²) in [6.45, 7) is 0.642. The van der Waals surface area contributed by atoms with Crippen molar-refractivity contribution in [2.45, 2.75) is 18.3 Å². The van der Waals surface area contributed by atoms with Gasteiger partial charge in [-0.2, -0.15) is 5.10 Å². The Morgan fingerprint density at radius 2 is 1.88 bits per heavy atom. The molecule has 1 aliphatic rings. The van der Waals surface area contributed by atoms with Gasteiger partial charge >= 0.3 is 5.97 Å². The maximum atomic E-state index is 12.8. The lowest BCUT2D eigenvalue weighted by Crippen LogP contribution is -2.40. The van der Waals surface area contributed by atoms with Crippen molar-refractivity contribution in [1.29, 1.82) is 0 Å². The molecule has 0 aliphatic carbocycles. The third-order valence-corrected chi connectivity index (χ3v) is 5.21. The maximum Gasteiger partial charge on any atom is 0.316 e. The molecule has 132 valence electrons. The molecule has 1 unspecified atom stereocenters. The van der Waals surface area contributed by atoms with Gasteiger partial charge in [-0.1, -0.05) is 36.4 Å². The SMILES string of the molecule is O=C(Cc1cnn2ccccc12)N1CCC(C(=O)O)(c2ccccc2)C1. The second-order valence-electron chi connectivity index (χ2n) is 6.70.